The molecule has 3 rings (SSSR count). The third-order valence-electron chi connectivity index (χ3n) is 5.85. The molecule has 2 aromatic carbocycles. The molecular formula is C23H31N3O3. The Hall–Kier alpha value is -2.28. The summed E-state index contributed by atoms with van der Waals surface area (Å²) in [7, 11) is 4.02. The highest BCUT2D eigenvalue weighted by molar-refractivity contribution is 5.34. The van der Waals surface area contributed by atoms with E-state index >= 15 is 0 Å². The molecule has 0 saturated carbocycles. The molecule has 1 N–H and O–H groups in total. The third kappa shape index (κ3) is 5.85. The lowest BCUT2D eigenvalue weighted by Crippen LogP contribution is -2.49. The Morgan fingerprint density at radius 1 is 1.10 bits per heavy atom. The topological polar surface area (TPSA) is 69.8 Å². The number of nitro benzene ring substituents is 1. The Bertz CT molecular complexity index is 772. The summed E-state index contributed by atoms with van der Waals surface area (Å²) in [5.41, 5.74) is 2.17. The molecule has 2 unspecified atom stereocenters. The molecule has 1 heterocycles. The van der Waals surface area contributed by atoms with Crippen molar-refractivity contribution < 1.29 is 10.0 Å². The van der Waals surface area contributed by atoms with E-state index in [-0.39, 0.29) is 11.7 Å². The molecule has 0 bridgehead atoms. The first kappa shape index (κ1) is 21.4. The predicted molar refractivity (Wildman–Crippen MR) is 115 cm³/mol. The zero-order chi connectivity index (χ0) is 20.8. The summed E-state index contributed by atoms with van der Waals surface area (Å²) in [6.07, 6.45) is 2.67. The van der Waals surface area contributed by atoms with Crippen LogP contribution in [0, 0.1) is 16.0 Å². The number of likely N-dealkylation sites (N-methyl/N-ethyl adjacent to an activating group) is 1. The van der Waals surface area contributed by atoms with E-state index in [1.54, 1.807) is 12.1 Å². The molecule has 0 aliphatic carbocycles. The fraction of sp³-hybridized carbons (Fsp3) is 0.478. The maximum atomic E-state index is 11.1. The second kappa shape index (κ2) is 9.96. The predicted octanol–water partition coefficient (Wildman–Crippen LogP) is 3.51. The quantitative estimate of drug-likeness (QED) is 0.545. The van der Waals surface area contributed by atoms with Gasteiger partial charge in [0.15, 0.2) is 0 Å². The Morgan fingerprint density at radius 2 is 1.72 bits per heavy atom. The molecule has 0 radical (unpaired) electrons. The van der Waals surface area contributed by atoms with Crippen molar-refractivity contribution in [1.82, 2.24) is 9.80 Å². The fourth-order valence-electron chi connectivity index (χ4n) is 4.24. The van der Waals surface area contributed by atoms with Crippen LogP contribution < -0.4 is 0 Å². The minimum Gasteiger partial charge on any atom is -0.387 e. The zero-order valence-corrected chi connectivity index (χ0v) is 17.3. The van der Waals surface area contributed by atoms with Gasteiger partial charge in [-0.3, -0.25) is 15.0 Å². The smallest absolute Gasteiger partial charge is 0.269 e. The van der Waals surface area contributed by atoms with E-state index in [0.717, 1.165) is 44.5 Å². The van der Waals surface area contributed by atoms with Gasteiger partial charge in [0.2, 0.25) is 0 Å². The SMILES string of the molecule is CN(C)CC(C(O)c1ccc([N+](=O)[O-])cc1)N1CCC(Cc2ccccc2)CC1. The second-order valence-electron chi connectivity index (χ2n) is 8.29. The number of likely N-dealkylation sites (tertiary alicyclic amines) is 1. The van der Waals surface area contributed by atoms with Gasteiger partial charge in [0.05, 0.1) is 17.1 Å². The minimum atomic E-state index is -0.677. The van der Waals surface area contributed by atoms with Gasteiger partial charge in [-0.05, 0) is 75.6 Å². The van der Waals surface area contributed by atoms with Gasteiger partial charge in [-0.25, -0.2) is 0 Å². The average Bonchev–Trinajstić information content (AvgIpc) is 2.73. The minimum absolute atomic E-state index is 0.0378. The molecule has 0 amide bonds. The summed E-state index contributed by atoms with van der Waals surface area (Å²) < 4.78 is 0. The molecule has 0 aromatic heterocycles. The molecule has 29 heavy (non-hydrogen) atoms. The second-order valence-corrected chi connectivity index (χ2v) is 8.29. The van der Waals surface area contributed by atoms with E-state index in [9.17, 15) is 15.2 Å². The van der Waals surface area contributed by atoms with Gasteiger partial charge in [0, 0.05) is 18.7 Å². The van der Waals surface area contributed by atoms with Crippen molar-refractivity contribution in [2.24, 2.45) is 5.92 Å². The molecule has 6 heteroatoms. The molecule has 1 fully saturated rings. The summed E-state index contributed by atoms with van der Waals surface area (Å²) in [6.45, 7) is 2.65. The van der Waals surface area contributed by atoms with E-state index in [2.05, 4.69) is 40.1 Å². The zero-order valence-electron chi connectivity index (χ0n) is 17.3. The van der Waals surface area contributed by atoms with Crippen LogP contribution in [-0.2, 0) is 6.42 Å². The third-order valence-corrected chi connectivity index (χ3v) is 5.85. The van der Waals surface area contributed by atoms with E-state index in [1.165, 1.54) is 17.7 Å². The van der Waals surface area contributed by atoms with Crippen LogP contribution >= 0.6 is 0 Å². The highest BCUT2D eigenvalue weighted by atomic mass is 16.6. The molecule has 2 aromatic rings. The Labute approximate surface area is 172 Å². The lowest BCUT2D eigenvalue weighted by Gasteiger charge is -2.41. The number of aliphatic hydroxyl groups is 1. The number of benzene rings is 2. The number of rotatable bonds is 8. The van der Waals surface area contributed by atoms with Gasteiger partial charge >= 0.3 is 0 Å². The fourth-order valence-corrected chi connectivity index (χ4v) is 4.24. The number of nitrogens with zero attached hydrogens (tertiary/aromatic N) is 3. The van der Waals surface area contributed by atoms with Crippen LogP contribution in [0.3, 0.4) is 0 Å². The van der Waals surface area contributed by atoms with Crippen molar-refractivity contribution in [3.63, 3.8) is 0 Å². The van der Waals surface area contributed by atoms with E-state index < -0.39 is 11.0 Å². The van der Waals surface area contributed by atoms with Crippen LogP contribution in [0.15, 0.2) is 54.6 Å². The Kier molecular flexibility index (Phi) is 7.36. The summed E-state index contributed by atoms with van der Waals surface area (Å²) >= 11 is 0. The molecule has 1 aliphatic heterocycles. The highest BCUT2D eigenvalue weighted by Gasteiger charge is 2.31. The van der Waals surface area contributed by atoms with Crippen molar-refractivity contribution in [2.45, 2.75) is 31.4 Å². The lowest BCUT2D eigenvalue weighted by molar-refractivity contribution is -0.384. The summed E-state index contributed by atoms with van der Waals surface area (Å²) in [5.74, 6) is 0.671. The molecule has 1 aliphatic rings. The van der Waals surface area contributed by atoms with Gasteiger partial charge in [0.25, 0.3) is 5.69 Å². The van der Waals surface area contributed by atoms with Gasteiger partial charge < -0.3 is 10.0 Å². The first-order valence-corrected chi connectivity index (χ1v) is 10.3. The van der Waals surface area contributed by atoms with Crippen molar-refractivity contribution in [2.75, 3.05) is 33.7 Å². The van der Waals surface area contributed by atoms with Crippen LogP contribution in [-0.4, -0.2) is 59.6 Å². The summed E-state index contributed by atoms with van der Waals surface area (Å²) in [5, 5.41) is 22.0. The van der Waals surface area contributed by atoms with Crippen LogP contribution in [0.2, 0.25) is 0 Å². The van der Waals surface area contributed by atoms with E-state index in [4.69, 9.17) is 0 Å². The van der Waals surface area contributed by atoms with Crippen LogP contribution in [0.4, 0.5) is 5.69 Å². The van der Waals surface area contributed by atoms with Crippen molar-refractivity contribution in [3.05, 3.63) is 75.8 Å². The number of hydrogen-bond donors (Lipinski definition) is 1. The van der Waals surface area contributed by atoms with Crippen LogP contribution in [0.5, 0.6) is 0 Å². The molecular weight excluding hydrogens is 366 g/mol. The Balaban J connectivity index is 1.65. The monoisotopic (exact) mass is 397 g/mol. The summed E-state index contributed by atoms with van der Waals surface area (Å²) in [4.78, 5) is 15.0. The first-order chi connectivity index (χ1) is 13.9. The summed E-state index contributed by atoms with van der Waals surface area (Å²) in [6, 6.07) is 16.9. The molecule has 156 valence electrons. The van der Waals surface area contributed by atoms with E-state index in [1.807, 2.05) is 14.1 Å². The van der Waals surface area contributed by atoms with Gasteiger partial charge in [-0.15, -0.1) is 0 Å². The van der Waals surface area contributed by atoms with Crippen LogP contribution in [0.1, 0.15) is 30.1 Å². The normalized spacial score (nSPS) is 17.9. The van der Waals surface area contributed by atoms with E-state index in [0.29, 0.717) is 5.92 Å². The standard InChI is InChI=1S/C23H31N3O3/c1-24(2)17-22(23(27)20-8-10-21(11-9-20)26(28)29)25-14-12-19(13-15-25)16-18-6-4-3-5-7-18/h3-11,19,22-23,27H,12-17H2,1-2H3. The highest BCUT2D eigenvalue weighted by Crippen LogP contribution is 2.29. The lowest BCUT2D eigenvalue weighted by atomic mass is 9.88. The molecule has 2 atom stereocenters. The number of nitro groups is 1. The van der Waals surface area contributed by atoms with Gasteiger partial charge in [-0.2, -0.15) is 0 Å². The maximum Gasteiger partial charge on any atom is 0.269 e. The molecule has 1 saturated heterocycles. The van der Waals surface area contributed by atoms with Crippen molar-refractivity contribution in [1.29, 1.82) is 0 Å². The number of piperidine rings is 1. The molecule has 6 nitrogen and oxygen atoms in total. The average molecular weight is 398 g/mol. The number of hydrogen-bond acceptors (Lipinski definition) is 5. The first-order valence-electron chi connectivity index (χ1n) is 10.3. The van der Waals surface area contributed by atoms with Crippen molar-refractivity contribution in [3.8, 4) is 0 Å². The number of aliphatic hydroxyl groups excluding tert-OH is 1. The Morgan fingerprint density at radius 3 is 2.28 bits per heavy atom. The maximum absolute atomic E-state index is 11.1. The van der Waals surface area contributed by atoms with Gasteiger partial charge in [0.1, 0.15) is 0 Å². The number of non-ortho nitro benzene ring substituents is 1. The molecule has 0 spiro atoms. The van der Waals surface area contributed by atoms with Crippen molar-refractivity contribution >= 4 is 5.69 Å². The van der Waals surface area contributed by atoms with Crippen LogP contribution in [0.25, 0.3) is 0 Å². The largest absolute Gasteiger partial charge is 0.387 e. The van der Waals surface area contributed by atoms with Gasteiger partial charge in [-0.1, -0.05) is 30.3 Å².